The molecule has 0 amide bonds. The monoisotopic (exact) mass is 325 g/mol. The van der Waals surface area contributed by atoms with Gasteiger partial charge in [-0.15, -0.1) is 0 Å². The third-order valence-corrected chi connectivity index (χ3v) is 6.78. The Bertz CT molecular complexity index is 363. The van der Waals surface area contributed by atoms with E-state index in [4.69, 9.17) is 13.3 Å². The highest BCUT2D eigenvalue weighted by molar-refractivity contribution is 6.60. The van der Waals surface area contributed by atoms with Crippen molar-refractivity contribution < 1.29 is 13.3 Å². The summed E-state index contributed by atoms with van der Waals surface area (Å²) < 4.78 is 16.3. The van der Waals surface area contributed by atoms with E-state index in [1.54, 1.807) is 21.3 Å². The summed E-state index contributed by atoms with van der Waals surface area (Å²) in [6, 6.07) is 11.3. The summed E-state index contributed by atoms with van der Waals surface area (Å²) in [5, 5.41) is 3.45. The van der Waals surface area contributed by atoms with E-state index >= 15 is 0 Å². The second kappa shape index (κ2) is 11.7. The third kappa shape index (κ3) is 7.40. The lowest BCUT2D eigenvalue weighted by Gasteiger charge is -2.24. The minimum atomic E-state index is -2.35. The fourth-order valence-electron chi connectivity index (χ4n) is 2.52. The van der Waals surface area contributed by atoms with Gasteiger partial charge in [0, 0.05) is 39.6 Å². The first kappa shape index (κ1) is 19.2. The van der Waals surface area contributed by atoms with E-state index in [0.29, 0.717) is 0 Å². The number of nitrogens with one attached hydrogen (secondary N) is 1. The van der Waals surface area contributed by atoms with Crippen LogP contribution in [0.1, 0.15) is 38.5 Å². The van der Waals surface area contributed by atoms with Gasteiger partial charge in [-0.1, -0.05) is 43.9 Å². The number of para-hydroxylation sites is 1. The molecule has 0 bridgehead atoms. The Morgan fingerprint density at radius 1 is 0.773 bits per heavy atom. The number of unbranched alkanes of at least 4 members (excludes halogenated alkanes) is 5. The molecule has 1 aromatic carbocycles. The fraction of sp³-hybridized carbons (Fsp3) is 0.647. The predicted octanol–water partition coefficient (Wildman–Crippen LogP) is 4.32. The molecule has 1 rings (SSSR count). The Kier molecular flexibility index (Phi) is 10.2. The van der Waals surface area contributed by atoms with Crippen molar-refractivity contribution in [1.82, 2.24) is 0 Å². The average molecular weight is 326 g/mol. The number of rotatable bonds is 13. The van der Waals surface area contributed by atoms with Gasteiger partial charge in [-0.05, 0) is 25.0 Å². The second-order valence-electron chi connectivity index (χ2n) is 5.46. The molecular weight excluding hydrogens is 294 g/mol. The molecule has 0 aliphatic carbocycles. The number of hydrogen-bond acceptors (Lipinski definition) is 4. The summed E-state index contributed by atoms with van der Waals surface area (Å²) in [6.45, 7) is 1.05. The highest BCUT2D eigenvalue weighted by atomic mass is 28.4. The molecule has 126 valence electrons. The smallest absolute Gasteiger partial charge is 0.385 e. The van der Waals surface area contributed by atoms with Gasteiger partial charge in [0.2, 0.25) is 0 Å². The van der Waals surface area contributed by atoms with Crippen molar-refractivity contribution >= 4 is 14.5 Å². The van der Waals surface area contributed by atoms with Crippen molar-refractivity contribution in [1.29, 1.82) is 0 Å². The van der Waals surface area contributed by atoms with Crippen LogP contribution < -0.4 is 5.32 Å². The van der Waals surface area contributed by atoms with Crippen LogP contribution in [0.15, 0.2) is 30.3 Å². The maximum atomic E-state index is 5.42. The largest absolute Gasteiger partial charge is 0.500 e. The molecule has 0 aromatic heterocycles. The number of anilines is 1. The second-order valence-corrected chi connectivity index (χ2v) is 8.55. The van der Waals surface area contributed by atoms with Crippen LogP contribution in [0.25, 0.3) is 0 Å². The van der Waals surface area contributed by atoms with Gasteiger partial charge < -0.3 is 18.6 Å². The van der Waals surface area contributed by atoms with Crippen molar-refractivity contribution in [3.8, 4) is 0 Å². The predicted molar refractivity (Wildman–Crippen MR) is 94.2 cm³/mol. The maximum Gasteiger partial charge on any atom is 0.500 e. The van der Waals surface area contributed by atoms with Gasteiger partial charge in [0.1, 0.15) is 0 Å². The molecule has 5 heteroatoms. The molecule has 0 unspecified atom stereocenters. The van der Waals surface area contributed by atoms with E-state index in [1.165, 1.54) is 37.8 Å². The van der Waals surface area contributed by atoms with Crippen LogP contribution in [0.5, 0.6) is 0 Å². The molecule has 0 atom stereocenters. The zero-order valence-electron chi connectivity index (χ0n) is 14.3. The molecule has 4 nitrogen and oxygen atoms in total. The molecule has 0 aliphatic rings. The first-order chi connectivity index (χ1) is 10.8. The fourth-order valence-corrected chi connectivity index (χ4v) is 4.31. The quantitative estimate of drug-likeness (QED) is 0.433. The van der Waals surface area contributed by atoms with Crippen LogP contribution in [0.2, 0.25) is 6.04 Å². The van der Waals surface area contributed by atoms with Crippen molar-refractivity contribution in [2.45, 2.75) is 44.6 Å². The molecule has 1 aromatic rings. The van der Waals surface area contributed by atoms with Gasteiger partial charge >= 0.3 is 8.80 Å². The van der Waals surface area contributed by atoms with Gasteiger partial charge in [-0.2, -0.15) is 0 Å². The molecule has 22 heavy (non-hydrogen) atoms. The molecule has 0 radical (unpaired) electrons. The average Bonchev–Trinajstić information content (AvgIpc) is 2.58. The summed E-state index contributed by atoms with van der Waals surface area (Å²) in [4.78, 5) is 0. The Morgan fingerprint density at radius 3 is 1.91 bits per heavy atom. The molecule has 0 fully saturated rings. The van der Waals surface area contributed by atoms with Gasteiger partial charge in [0.05, 0.1) is 0 Å². The summed E-state index contributed by atoms with van der Waals surface area (Å²) >= 11 is 0. The van der Waals surface area contributed by atoms with E-state index in [0.717, 1.165) is 19.0 Å². The molecule has 0 saturated heterocycles. The summed E-state index contributed by atoms with van der Waals surface area (Å²) in [5.74, 6) is 0. The third-order valence-electron chi connectivity index (χ3n) is 3.95. The molecule has 0 spiro atoms. The molecule has 1 N–H and O–H groups in total. The Balaban J connectivity index is 1.95. The van der Waals surface area contributed by atoms with Crippen LogP contribution >= 0.6 is 0 Å². The summed E-state index contributed by atoms with van der Waals surface area (Å²) in [6.07, 6.45) is 7.40. The van der Waals surface area contributed by atoms with Gasteiger partial charge in [0.25, 0.3) is 0 Å². The maximum absolute atomic E-state index is 5.42. The highest BCUT2D eigenvalue weighted by Gasteiger charge is 2.36. The van der Waals surface area contributed by atoms with E-state index in [1.807, 2.05) is 6.07 Å². The van der Waals surface area contributed by atoms with E-state index in [2.05, 4.69) is 29.6 Å². The van der Waals surface area contributed by atoms with Crippen LogP contribution in [-0.4, -0.2) is 36.7 Å². The molecule has 0 aliphatic heterocycles. The van der Waals surface area contributed by atoms with Crippen LogP contribution in [0.3, 0.4) is 0 Å². The first-order valence-electron chi connectivity index (χ1n) is 8.20. The van der Waals surface area contributed by atoms with E-state index in [-0.39, 0.29) is 0 Å². The molecule has 0 saturated carbocycles. The van der Waals surface area contributed by atoms with Crippen molar-refractivity contribution in [3.63, 3.8) is 0 Å². The minimum Gasteiger partial charge on any atom is -0.385 e. The zero-order chi connectivity index (χ0) is 16.1. The van der Waals surface area contributed by atoms with Crippen LogP contribution in [0, 0.1) is 0 Å². The number of benzene rings is 1. The minimum absolute atomic E-state index is 0.909. The standard InChI is InChI=1S/C17H31NO3Si/c1-19-22(20-2,21-3)16-12-7-5-4-6-11-15-18-17-13-9-8-10-14-17/h8-10,13-14,18H,4-7,11-12,15-16H2,1-3H3. The SMILES string of the molecule is CO[Si](CCCCCCCCNc1ccccc1)(OC)OC. The van der Waals surface area contributed by atoms with Crippen molar-refractivity contribution in [2.24, 2.45) is 0 Å². The Hall–Kier alpha value is -0.883. The van der Waals surface area contributed by atoms with Crippen molar-refractivity contribution in [3.05, 3.63) is 30.3 Å². The van der Waals surface area contributed by atoms with Gasteiger partial charge in [-0.3, -0.25) is 0 Å². The van der Waals surface area contributed by atoms with Crippen LogP contribution in [-0.2, 0) is 13.3 Å². The lowest BCUT2D eigenvalue weighted by molar-refractivity contribution is 0.122. The number of hydrogen-bond donors (Lipinski definition) is 1. The van der Waals surface area contributed by atoms with E-state index < -0.39 is 8.80 Å². The summed E-state index contributed by atoms with van der Waals surface area (Å²) in [7, 11) is 2.69. The van der Waals surface area contributed by atoms with Crippen molar-refractivity contribution in [2.75, 3.05) is 33.2 Å². The Labute approximate surface area is 136 Å². The zero-order valence-corrected chi connectivity index (χ0v) is 15.3. The van der Waals surface area contributed by atoms with Crippen LogP contribution in [0.4, 0.5) is 5.69 Å². The highest BCUT2D eigenvalue weighted by Crippen LogP contribution is 2.18. The Morgan fingerprint density at radius 2 is 1.32 bits per heavy atom. The van der Waals surface area contributed by atoms with E-state index in [9.17, 15) is 0 Å². The molecule has 0 heterocycles. The first-order valence-corrected chi connectivity index (χ1v) is 10.1. The van der Waals surface area contributed by atoms with Gasteiger partial charge in [-0.25, -0.2) is 0 Å². The topological polar surface area (TPSA) is 39.7 Å². The lowest BCUT2D eigenvalue weighted by atomic mass is 10.1. The lowest BCUT2D eigenvalue weighted by Crippen LogP contribution is -2.42. The summed E-state index contributed by atoms with van der Waals surface area (Å²) in [5.41, 5.74) is 1.21. The van der Waals surface area contributed by atoms with Gasteiger partial charge in [0.15, 0.2) is 0 Å². The molecular formula is C17H31NO3Si. The normalized spacial score (nSPS) is 11.6.